The zero-order chi connectivity index (χ0) is 20.9. The number of benzene rings is 2. The Kier molecular flexibility index (Phi) is 5.93. The highest BCUT2D eigenvalue weighted by atomic mass is 16.1. The second kappa shape index (κ2) is 8.95. The Bertz CT molecular complexity index is 1030. The molecule has 0 unspecified atom stereocenters. The van der Waals surface area contributed by atoms with Crippen LogP contribution in [-0.4, -0.2) is 29.0 Å². The molecule has 0 aliphatic carbocycles. The van der Waals surface area contributed by atoms with Gasteiger partial charge in [0.25, 0.3) is 5.91 Å². The average molecular weight is 402 g/mol. The van der Waals surface area contributed by atoms with Crippen molar-refractivity contribution >= 4 is 29.0 Å². The molecular weight excluding hydrogens is 374 g/mol. The van der Waals surface area contributed by atoms with Crippen LogP contribution in [0.3, 0.4) is 0 Å². The van der Waals surface area contributed by atoms with Crippen LogP contribution in [-0.2, 0) is 0 Å². The Balaban J connectivity index is 1.44. The van der Waals surface area contributed by atoms with Crippen LogP contribution < -0.4 is 15.5 Å². The first-order chi connectivity index (χ1) is 14.6. The molecule has 0 radical (unpaired) electrons. The Morgan fingerprint density at radius 2 is 1.60 bits per heavy atom. The number of nitrogens with one attached hydrogen (secondary N) is 2. The number of nitrogens with zero attached hydrogens (tertiary/aromatic N) is 3. The molecule has 6 nitrogen and oxygen atoms in total. The predicted octanol–water partition coefficient (Wildman–Crippen LogP) is 5.08. The van der Waals surface area contributed by atoms with Crippen molar-refractivity contribution in [2.45, 2.75) is 33.1 Å². The van der Waals surface area contributed by atoms with Gasteiger partial charge in [-0.2, -0.15) is 4.98 Å². The number of aromatic nitrogens is 2. The topological polar surface area (TPSA) is 70.2 Å². The molecule has 1 amide bonds. The number of hydrogen-bond acceptors (Lipinski definition) is 5. The van der Waals surface area contributed by atoms with Crippen LogP contribution in [0.15, 0.2) is 54.6 Å². The van der Waals surface area contributed by atoms with Crippen LogP contribution in [0, 0.1) is 13.8 Å². The molecule has 0 spiro atoms. The maximum atomic E-state index is 12.5. The van der Waals surface area contributed by atoms with Crippen LogP contribution in [0.4, 0.5) is 23.1 Å². The minimum atomic E-state index is -0.109. The fourth-order valence-electron chi connectivity index (χ4n) is 3.68. The zero-order valence-electron chi connectivity index (χ0n) is 17.5. The first-order valence-corrected chi connectivity index (χ1v) is 10.4. The number of aryl methyl sites for hydroxylation is 2. The molecule has 2 N–H and O–H groups in total. The smallest absolute Gasteiger partial charge is 0.255 e. The molecule has 3 aromatic rings. The van der Waals surface area contributed by atoms with Crippen LogP contribution >= 0.6 is 0 Å². The van der Waals surface area contributed by atoms with E-state index in [0.717, 1.165) is 41.5 Å². The molecule has 0 bridgehead atoms. The van der Waals surface area contributed by atoms with Crippen molar-refractivity contribution in [3.8, 4) is 0 Å². The van der Waals surface area contributed by atoms with Gasteiger partial charge in [0.2, 0.25) is 5.95 Å². The highest BCUT2D eigenvalue weighted by Crippen LogP contribution is 2.22. The number of anilines is 4. The van der Waals surface area contributed by atoms with Crippen molar-refractivity contribution in [3.05, 3.63) is 71.4 Å². The van der Waals surface area contributed by atoms with Gasteiger partial charge in [-0.05, 0) is 69.0 Å². The maximum absolute atomic E-state index is 12.5. The van der Waals surface area contributed by atoms with Crippen molar-refractivity contribution in [1.29, 1.82) is 0 Å². The highest BCUT2D eigenvalue weighted by molar-refractivity contribution is 6.05. The highest BCUT2D eigenvalue weighted by Gasteiger charge is 2.14. The number of amides is 1. The lowest BCUT2D eigenvalue weighted by molar-refractivity contribution is 0.102. The second-order valence-electron chi connectivity index (χ2n) is 7.71. The fraction of sp³-hybridized carbons (Fsp3) is 0.292. The van der Waals surface area contributed by atoms with Crippen molar-refractivity contribution in [1.82, 2.24) is 9.97 Å². The lowest BCUT2D eigenvalue weighted by atomic mass is 10.1. The molecule has 30 heavy (non-hydrogen) atoms. The summed E-state index contributed by atoms with van der Waals surface area (Å²) in [4.78, 5) is 24.0. The van der Waals surface area contributed by atoms with Crippen molar-refractivity contribution in [2.24, 2.45) is 0 Å². The normalized spacial score (nSPS) is 13.7. The summed E-state index contributed by atoms with van der Waals surface area (Å²) in [5.41, 5.74) is 4.19. The van der Waals surface area contributed by atoms with Crippen molar-refractivity contribution < 1.29 is 4.79 Å². The lowest BCUT2D eigenvalue weighted by Crippen LogP contribution is -2.30. The van der Waals surface area contributed by atoms with Crippen LogP contribution in [0.5, 0.6) is 0 Å². The number of piperidine rings is 1. The van der Waals surface area contributed by atoms with E-state index in [-0.39, 0.29) is 5.91 Å². The number of carbonyl (C=O) groups excluding carboxylic acids is 1. The van der Waals surface area contributed by atoms with Gasteiger partial charge in [0.15, 0.2) is 0 Å². The summed E-state index contributed by atoms with van der Waals surface area (Å²) >= 11 is 0. The van der Waals surface area contributed by atoms with E-state index in [1.165, 1.54) is 19.3 Å². The van der Waals surface area contributed by atoms with Crippen LogP contribution in [0.2, 0.25) is 0 Å². The fourth-order valence-corrected chi connectivity index (χ4v) is 3.68. The van der Waals surface area contributed by atoms with Crippen molar-refractivity contribution in [3.63, 3.8) is 0 Å². The van der Waals surface area contributed by atoms with Gasteiger partial charge in [0.1, 0.15) is 5.82 Å². The molecule has 4 rings (SSSR count). The molecule has 2 heterocycles. The number of carbonyl (C=O) groups is 1. The molecule has 0 atom stereocenters. The second-order valence-corrected chi connectivity index (χ2v) is 7.71. The summed E-state index contributed by atoms with van der Waals surface area (Å²) in [7, 11) is 0. The van der Waals surface area contributed by atoms with Gasteiger partial charge in [-0.15, -0.1) is 0 Å². The first-order valence-electron chi connectivity index (χ1n) is 10.4. The summed E-state index contributed by atoms with van der Waals surface area (Å²) < 4.78 is 0. The van der Waals surface area contributed by atoms with Gasteiger partial charge < -0.3 is 15.5 Å². The predicted molar refractivity (Wildman–Crippen MR) is 122 cm³/mol. The van der Waals surface area contributed by atoms with E-state index in [1.54, 1.807) is 0 Å². The Morgan fingerprint density at radius 3 is 2.33 bits per heavy atom. The van der Waals surface area contributed by atoms with E-state index in [2.05, 4.69) is 20.5 Å². The molecule has 1 saturated heterocycles. The summed E-state index contributed by atoms with van der Waals surface area (Å²) in [5, 5.41) is 6.23. The molecule has 2 aromatic carbocycles. The Hall–Kier alpha value is -3.41. The Morgan fingerprint density at radius 1 is 0.900 bits per heavy atom. The van der Waals surface area contributed by atoms with Gasteiger partial charge in [-0.3, -0.25) is 4.79 Å². The molecule has 1 aliphatic rings. The minimum Gasteiger partial charge on any atom is -0.356 e. The third-order valence-corrected chi connectivity index (χ3v) is 5.31. The van der Waals surface area contributed by atoms with Crippen molar-refractivity contribution in [2.75, 3.05) is 28.6 Å². The van der Waals surface area contributed by atoms with E-state index in [1.807, 2.05) is 68.4 Å². The van der Waals surface area contributed by atoms with Gasteiger partial charge in [0.05, 0.1) is 0 Å². The van der Waals surface area contributed by atoms with Gasteiger partial charge in [-0.25, -0.2) is 4.98 Å². The Labute approximate surface area is 177 Å². The number of hydrogen-bond donors (Lipinski definition) is 2. The van der Waals surface area contributed by atoms with E-state index >= 15 is 0 Å². The SMILES string of the molecule is Cc1cc(N2CCCCC2)nc(Nc2ccc(NC(=O)c3ccccc3C)cc2)n1. The molecule has 1 aliphatic heterocycles. The largest absolute Gasteiger partial charge is 0.356 e. The molecule has 154 valence electrons. The third kappa shape index (κ3) is 4.76. The van der Waals surface area contributed by atoms with Gasteiger partial charge in [0, 0.05) is 41.8 Å². The summed E-state index contributed by atoms with van der Waals surface area (Å²) in [6.45, 7) is 6.02. The van der Waals surface area contributed by atoms with E-state index < -0.39 is 0 Å². The average Bonchev–Trinajstić information content (AvgIpc) is 2.75. The quantitative estimate of drug-likeness (QED) is 0.624. The zero-order valence-corrected chi connectivity index (χ0v) is 17.5. The van der Waals surface area contributed by atoms with E-state index in [9.17, 15) is 4.79 Å². The van der Waals surface area contributed by atoms with Gasteiger partial charge in [-0.1, -0.05) is 18.2 Å². The first kappa shape index (κ1) is 19.9. The third-order valence-electron chi connectivity index (χ3n) is 5.31. The molecule has 0 saturated carbocycles. The maximum Gasteiger partial charge on any atom is 0.255 e. The molecule has 6 heteroatoms. The lowest BCUT2D eigenvalue weighted by Gasteiger charge is -2.28. The molecule has 1 aromatic heterocycles. The summed E-state index contributed by atoms with van der Waals surface area (Å²) in [6.07, 6.45) is 3.71. The standard InChI is InChI=1S/C24H27N5O/c1-17-8-4-5-9-21(17)23(30)26-19-10-12-20(13-11-19)27-24-25-18(2)16-22(28-24)29-14-6-3-7-15-29/h4-5,8-13,16H,3,6-7,14-15H2,1-2H3,(H,26,30)(H,25,27,28). The summed E-state index contributed by atoms with van der Waals surface area (Å²) in [6, 6.07) is 17.2. The van der Waals surface area contributed by atoms with E-state index in [0.29, 0.717) is 11.5 Å². The summed E-state index contributed by atoms with van der Waals surface area (Å²) in [5.74, 6) is 1.46. The molecule has 1 fully saturated rings. The van der Waals surface area contributed by atoms with Gasteiger partial charge >= 0.3 is 0 Å². The number of rotatable bonds is 5. The molecular formula is C24H27N5O. The van der Waals surface area contributed by atoms with E-state index in [4.69, 9.17) is 4.98 Å². The van der Waals surface area contributed by atoms with Crippen LogP contribution in [0.25, 0.3) is 0 Å². The minimum absolute atomic E-state index is 0.109. The van der Waals surface area contributed by atoms with Crippen LogP contribution in [0.1, 0.15) is 40.9 Å². The monoisotopic (exact) mass is 401 g/mol.